The van der Waals surface area contributed by atoms with Gasteiger partial charge in [-0.15, -0.1) is 0 Å². The van der Waals surface area contributed by atoms with Crippen LogP contribution >= 0.6 is 0 Å². The first kappa shape index (κ1) is 37.1. The van der Waals surface area contributed by atoms with Crippen molar-refractivity contribution in [3.63, 3.8) is 0 Å². The molecular weight excluding hydrogens is 520 g/mol. The summed E-state index contributed by atoms with van der Waals surface area (Å²) >= 11 is 0. The zero-order chi connectivity index (χ0) is 30.3. The molecule has 0 aliphatic carbocycles. The number of nitro groups is 3. The van der Waals surface area contributed by atoms with Crippen LogP contribution < -0.4 is 5.32 Å². The van der Waals surface area contributed by atoms with E-state index in [2.05, 4.69) is 19.2 Å². The van der Waals surface area contributed by atoms with E-state index in [4.69, 9.17) is 5.11 Å². The van der Waals surface area contributed by atoms with Crippen LogP contribution in [0.15, 0.2) is 12.1 Å². The second kappa shape index (κ2) is 22.9. The zero-order valence-electron chi connectivity index (χ0n) is 24.5. The molecule has 0 aliphatic heterocycles. The topological polar surface area (TPSA) is 182 Å². The van der Waals surface area contributed by atoms with Gasteiger partial charge in [-0.05, 0) is 19.8 Å². The van der Waals surface area contributed by atoms with Crippen LogP contribution in [0.3, 0.4) is 0 Å². The van der Waals surface area contributed by atoms with Crippen molar-refractivity contribution in [3.05, 3.63) is 42.5 Å². The smallest absolute Gasteiger partial charge is 0.324 e. The molecule has 1 aromatic rings. The summed E-state index contributed by atoms with van der Waals surface area (Å²) in [5, 5.41) is 53.3. The number of nitro benzene ring substituents is 3. The van der Waals surface area contributed by atoms with E-state index in [0.29, 0.717) is 18.2 Å². The summed E-state index contributed by atoms with van der Waals surface area (Å²) in [5.41, 5.74) is -3.00. The number of aliphatic hydroxyl groups is 1. The molecule has 0 heterocycles. The summed E-state index contributed by atoms with van der Waals surface area (Å²) in [5.74, 6) is -1.21. The largest absolute Gasteiger partial charge is 0.497 e. The van der Waals surface area contributed by atoms with Crippen LogP contribution in [0, 0.1) is 30.3 Å². The van der Waals surface area contributed by atoms with Crippen molar-refractivity contribution < 1.29 is 25.0 Å². The summed E-state index contributed by atoms with van der Waals surface area (Å²) in [6.45, 7) is 7.19. The second-order valence-corrected chi connectivity index (χ2v) is 10.4. The minimum atomic E-state index is -1.21. The maximum absolute atomic E-state index is 10.4. The number of nitrogens with zero attached hydrogens (tertiary/aromatic N) is 3. The predicted octanol–water partition coefficient (Wildman–Crippen LogP) is 7.72. The Bertz CT molecular complexity index is 814. The summed E-state index contributed by atoms with van der Waals surface area (Å²) < 4.78 is 0. The molecule has 1 aromatic carbocycles. The lowest BCUT2D eigenvalue weighted by molar-refractivity contribution is -0.404. The van der Waals surface area contributed by atoms with E-state index < -0.39 is 37.6 Å². The number of non-ortho nitro benzene ring substituents is 1. The number of unbranched alkanes of at least 4 members (excludes halogenated alkanes) is 12. The fraction of sp³-hybridized carbons (Fsp3) is 0.786. The molecule has 230 valence electrons. The standard InChI is InChI=1S/C22H47NO.C6H3N3O7/c1-4-6-8-10-12-14-16-18-22(23-20-21(3)24)19-17-15-13-11-9-7-5-2;10-6-4(8(13)14)1-3(7(11)12)2-5(6)9(15)16/h21-24H,4-20H2,1-3H3;1-2,10H. The summed E-state index contributed by atoms with van der Waals surface area (Å²) in [4.78, 5) is 27.8. The molecule has 0 bridgehead atoms. The monoisotopic (exact) mass is 570 g/mol. The third-order valence-electron chi connectivity index (χ3n) is 6.67. The third-order valence-corrected chi connectivity index (χ3v) is 6.67. The number of phenolic OH excluding ortho intramolecular Hbond substituents is 1. The highest BCUT2D eigenvalue weighted by Gasteiger charge is 2.30. The number of hydrogen-bond donors (Lipinski definition) is 3. The first-order valence-electron chi connectivity index (χ1n) is 14.8. The van der Waals surface area contributed by atoms with Gasteiger partial charge >= 0.3 is 11.4 Å². The van der Waals surface area contributed by atoms with Gasteiger partial charge in [-0.2, -0.15) is 0 Å². The zero-order valence-corrected chi connectivity index (χ0v) is 24.5. The first-order valence-corrected chi connectivity index (χ1v) is 14.8. The third kappa shape index (κ3) is 17.7. The van der Waals surface area contributed by atoms with Crippen LogP contribution in [-0.2, 0) is 0 Å². The lowest BCUT2D eigenvalue weighted by Crippen LogP contribution is -2.34. The molecule has 0 saturated heterocycles. The normalized spacial score (nSPS) is 11.6. The van der Waals surface area contributed by atoms with Gasteiger partial charge in [0.05, 0.1) is 33.0 Å². The van der Waals surface area contributed by atoms with Gasteiger partial charge in [0.15, 0.2) is 0 Å². The molecule has 12 nitrogen and oxygen atoms in total. The average Bonchev–Trinajstić information content (AvgIpc) is 2.90. The van der Waals surface area contributed by atoms with Gasteiger partial charge < -0.3 is 15.5 Å². The van der Waals surface area contributed by atoms with Gasteiger partial charge in [0.1, 0.15) is 0 Å². The molecule has 3 N–H and O–H groups in total. The van der Waals surface area contributed by atoms with Gasteiger partial charge in [0.25, 0.3) is 11.4 Å². The Morgan fingerprint density at radius 2 is 1.07 bits per heavy atom. The Kier molecular flexibility index (Phi) is 21.3. The Labute approximate surface area is 238 Å². The molecule has 0 aromatic heterocycles. The number of aliphatic hydroxyl groups excluding tert-OH is 1. The van der Waals surface area contributed by atoms with E-state index in [1.807, 2.05) is 6.92 Å². The van der Waals surface area contributed by atoms with E-state index in [9.17, 15) is 35.4 Å². The van der Waals surface area contributed by atoms with Gasteiger partial charge in [-0.25, -0.2) is 0 Å². The van der Waals surface area contributed by atoms with Crippen LogP contribution in [0.2, 0.25) is 0 Å². The summed E-state index contributed by atoms with van der Waals surface area (Å²) in [7, 11) is 0. The summed E-state index contributed by atoms with van der Waals surface area (Å²) in [6.07, 6.45) is 21.7. The quantitative estimate of drug-likeness (QED) is 0.0713. The van der Waals surface area contributed by atoms with Crippen molar-refractivity contribution in [2.24, 2.45) is 0 Å². The molecule has 40 heavy (non-hydrogen) atoms. The highest BCUT2D eigenvalue weighted by Crippen LogP contribution is 2.38. The second-order valence-electron chi connectivity index (χ2n) is 10.4. The predicted molar refractivity (Wildman–Crippen MR) is 157 cm³/mol. The summed E-state index contributed by atoms with van der Waals surface area (Å²) in [6, 6.07) is 1.51. The lowest BCUT2D eigenvalue weighted by atomic mass is 9.99. The molecule has 0 fully saturated rings. The minimum absolute atomic E-state index is 0.226. The molecule has 0 spiro atoms. The molecule has 0 amide bonds. The Morgan fingerprint density at radius 3 is 1.40 bits per heavy atom. The van der Waals surface area contributed by atoms with Crippen LogP contribution in [0.1, 0.15) is 124 Å². The molecule has 0 radical (unpaired) electrons. The Morgan fingerprint density at radius 1 is 0.700 bits per heavy atom. The number of hydrogen-bond acceptors (Lipinski definition) is 9. The number of phenols is 1. The molecular formula is C28H50N4O8. The van der Waals surface area contributed by atoms with Crippen LogP contribution in [-0.4, -0.2) is 43.7 Å². The van der Waals surface area contributed by atoms with E-state index in [1.54, 1.807) is 0 Å². The van der Waals surface area contributed by atoms with Gasteiger partial charge in [-0.3, -0.25) is 30.3 Å². The van der Waals surface area contributed by atoms with Crippen molar-refractivity contribution in [3.8, 4) is 5.75 Å². The van der Waals surface area contributed by atoms with Gasteiger partial charge in [-0.1, -0.05) is 104 Å². The first-order chi connectivity index (χ1) is 19.0. The fourth-order valence-electron chi connectivity index (χ4n) is 4.35. The Balaban J connectivity index is 0.000000821. The highest BCUT2D eigenvalue weighted by atomic mass is 16.6. The number of aromatic hydroxyl groups is 1. The Hall–Kier alpha value is -2.86. The molecule has 12 heteroatoms. The highest BCUT2D eigenvalue weighted by molar-refractivity contribution is 5.64. The maximum atomic E-state index is 10.4. The van der Waals surface area contributed by atoms with E-state index in [-0.39, 0.29) is 6.10 Å². The SMILES string of the molecule is CCCCCCCCCC(CCCCCCCCC)NCC(C)O.O=[N+]([O-])c1cc([N+](=O)[O-])c(O)c([N+](=O)[O-])c1. The van der Waals surface area contributed by atoms with Gasteiger partial charge in [0, 0.05) is 12.6 Å². The molecule has 0 aliphatic rings. The van der Waals surface area contributed by atoms with Crippen molar-refractivity contribution in [2.75, 3.05) is 6.54 Å². The molecule has 1 rings (SSSR count). The van der Waals surface area contributed by atoms with E-state index in [1.165, 1.54) is 103 Å². The van der Waals surface area contributed by atoms with E-state index >= 15 is 0 Å². The molecule has 1 atom stereocenters. The molecule has 1 unspecified atom stereocenters. The number of nitrogens with one attached hydrogen (secondary N) is 1. The average molecular weight is 571 g/mol. The van der Waals surface area contributed by atoms with E-state index in [0.717, 1.165) is 6.54 Å². The van der Waals surface area contributed by atoms with Crippen molar-refractivity contribution in [1.29, 1.82) is 0 Å². The van der Waals surface area contributed by atoms with Crippen LogP contribution in [0.25, 0.3) is 0 Å². The maximum Gasteiger partial charge on any atom is 0.324 e. The fourth-order valence-corrected chi connectivity index (χ4v) is 4.35. The van der Waals surface area contributed by atoms with Crippen LogP contribution in [0.4, 0.5) is 17.1 Å². The molecule has 0 saturated carbocycles. The van der Waals surface area contributed by atoms with Crippen molar-refractivity contribution in [1.82, 2.24) is 5.32 Å². The van der Waals surface area contributed by atoms with Crippen LogP contribution in [0.5, 0.6) is 5.75 Å². The number of benzene rings is 1. The number of rotatable bonds is 22. The lowest BCUT2D eigenvalue weighted by Gasteiger charge is -2.20. The van der Waals surface area contributed by atoms with Crippen molar-refractivity contribution in [2.45, 2.75) is 136 Å². The minimum Gasteiger partial charge on any atom is -0.497 e. The van der Waals surface area contributed by atoms with Crippen molar-refractivity contribution >= 4 is 17.1 Å². The van der Waals surface area contributed by atoms with Gasteiger partial charge in [0.2, 0.25) is 0 Å².